The highest BCUT2D eigenvalue weighted by atomic mass is 35.5. The summed E-state index contributed by atoms with van der Waals surface area (Å²) in [6.07, 6.45) is 0.619. The Balaban J connectivity index is 0.00000400. The van der Waals surface area contributed by atoms with Gasteiger partial charge < -0.3 is 15.8 Å². The van der Waals surface area contributed by atoms with Gasteiger partial charge in [-0.2, -0.15) is 0 Å². The van der Waals surface area contributed by atoms with E-state index in [0.29, 0.717) is 13.0 Å². The Morgan fingerprint density at radius 3 is 2.33 bits per heavy atom. The monoisotopic (exact) mass is 314 g/mol. The van der Waals surface area contributed by atoms with Gasteiger partial charge in [0.2, 0.25) is 5.91 Å². The number of carbonyl (C=O) groups is 1. The average Bonchev–Trinajstić information content (AvgIpc) is 2.35. The van der Waals surface area contributed by atoms with E-state index in [1.807, 2.05) is 52.0 Å². The Hall–Kier alpha value is -1.26. The predicted molar refractivity (Wildman–Crippen MR) is 89.0 cm³/mol. The highest BCUT2D eigenvalue weighted by Crippen LogP contribution is 2.27. The summed E-state index contributed by atoms with van der Waals surface area (Å²) >= 11 is 0. The smallest absolute Gasteiger partial charge is 0.226 e. The van der Waals surface area contributed by atoms with Crippen molar-refractivity contribution in [1.29, 1.82) is 0 Å². The number of benzene rings is 1. The summed E-state index contributed by atoms with van der Waals surface area (Å²) < 4.78 is 5.33. The molecule has 1 aromatic carbocycles. The van der Waals surface area contributed by atoms with Crippen LogP contribution in [0.2, 0.25) is 0 Å². The molecular weight excluding hydrogens is 288 g/mol. The molecule has 0 saturated heterocycles. The number of halogens is 1. The summed E-state index contributed by atoms with van der Waals surface area (Å²) in [4.78, 5) is 12.3. The van der Waals surface area contributed by atoms with Crippen LogP contribution in [0.5, 0.6) is 5.75 Å². The lowest BCUT2D eigenvalue weighted by Gasteiger charge is -2.27. The molecule has 0 unspecified atom stereocenters. The first-order chi connectivity index (χ1) is 9.15. The molecule has 0 aliphatic heterocycles. The third kappa shape index (κ3) is 6.36. The zero-order valence-corrected chi connectivity index (χ0v) is 14.3. The molecule has 0 spiro atoms. The maximum atomic E-state index is 12.3. The van der Waals surface area contributed by atoms with E-state index in [1.54, 1.807) is 7.11 Å². The van der Waals surface area contributed by atoms with E-state index < -0.39 is 11.0 Å². The molecule has 0 fully saturated rings. The van der Waals surface area contributed by atoms with Crippen LogP contribution in [-0.4, -0.2) is 25.1 Å². The lowest BCUT2D eigenvalue weighted by molar-refractivity contribution is -0.129. The lowest BCUT2D eigenvalue weighted by Crippen LogP contribution is -2.48. The molecule has 0 atom stereocenters. The van der Waals surface area contributed by atoms with Crippen molar-refractivity contribution in [2.75, 3.05) is 13.7 Å². The van der Waals surface area contributed by atoms with E-state index in [-0.39, 0.29) is 18.3 Å². The van der Waals surface area contributed by atoms with Gasteiger partial charge in [-0.3, -0.25) is 4.79 Å². The second kappa shape index (κ2) is 7.66. The zero-order valence-electron chi connectivity index (χ0n) is 13.5. The van der Waals surface area contributed by atoms with E-state index in [9.17, 15) is 4.79 Å². The number of rotatable bonds is 6. The largest absolute Gasteiger partial charge is 0.496 e. The van der Waals surface area contributed by atoms with Gasteiger partial charge in [0.05, 0.1) is 7.11 Å². The van der Waals surface area contributed by atoms with Crippen LogP contribution in [-0.2, 0) is 11.2 Å². The summed E-state index contributed by atoms with van der Waals surface area (Å²) in [7, 11) is 1.64. The van der Waals surface area contributed by atoms with Gasteiger partial charge in [0, 0.05) is 17.5 Å². The molecule has 0 saturated carbocycles. The van der Waals surface area contributed by atoms with Crippen LogP contribution in [0.15, 0.2) is 24.3 Å². The molecule has 5 heteroatoms. The van der Waals surface area contributed by atoms with Gasteiger partial charge in [-0.1, -0.05) is 32.0 Å². The maximum absolute atomic E-state index is 12.3. The van der Waals surface area contributed by atoms with Crippen LogP contribution in [0.3, 0.4) is 0 Å². The molecule has 1 amide bonds. The number of hydrogen-bond donors (Lipinski definition) is 2. The highest BCUT2D eigenvalue weighted by Gasteiger charge is 2.29. The summed E-state index contributed by atoms with van der Waals surface area (Å²) in [5.74, 6) is 0.814. The minimum atomic E-state index is -0.514. The van der Waals surface area contributed by atoms with Crippen LogP contribution < -0.4 is 15.8 Å². The number of hydrogen-bond acceptors (Lipinski definition) is 3. The summed E-state index contributed by atoms with van der Waals surface area (Å²) in [5.41, 5.74) is 6.00. The molecule has 0 radical (unpaired) electrons. The fourth-order valence-electron chi connectivity index (χ4n) is 1.95. The minimum Gasteiger partial charge on any atom is -0.496 e. The van der Waals surface area contributed by atoms with Crippen molar-refractivity contribution < 1.29 is 9.53 Å². The topological polar surface area (TPSA) is 64.3 Å². The number of amides is 1. The van der Waals surface area contributed by atoms with Crippen molar-refractivity contribution in [3.63, 3.8) is 0 Å². The van der Waals surface area contributed by atoms with Gasteiger partial charge >= 0.3 is 0 Å². The van der Waals surface area contributed by atoms with Crippen LogP contribution in [0.4, 0.5) is 0 Å². The van der Waals surface area contributed by atoms with E-state index in [2.05, 4.69) is 5.32 Å². The fourth-order valence-corrected chi connectivity index (χ4v) is 1.95. The number of nitrogens with one attached hydrogen (secondary N) is 1. The Bertz CT molecular complexity index is 468. The van der Waals surface area contributed by atoms with Crippen molar-refractivity contribution in [2.45, 2.75) is 39.7 Å². The predicted octanol–water partition coefficient (Wildman–Crippen LogP) is 2.54. The van der Waals surface area contributed by atoms with E-state index in [0.717, 1.165) is 11.3 Å². The first-order valence-corrected chi connectivity index (χ1v) is 6.85. The average molecular weight is 315 g/mol. The Labute approximate surface area is 133 Å². The Morgan fingerprint density at radius 2 is 1.81 bits per heavy atom. The first kappa shape index (κ1) is 19.7. The van der Waals surface area contributed by atoms with E-state index in [1.165, 1.54) is 0 Å². The van der Waals surface area contributed by atoms with Crippen LogP contribution in [0.25, 0.3) is 0 Å². The third-order valence-electron chi connectivity index (χ3n) is 3.14. The Morgan fingerprint density at radius 1 is 1.24 bits per heavy atom. The van der Waals surface area contributed by atoms with Crippen molar-refractivity contribution in [1.82, 2.24) is 5.32 Å². The molecule has 3 N–H and O–H groups in total. The highest BCUT2D eigenvalue weighted by molar-refractivity contribution is 5.85. The van der Waals surface area contributed by atoms with Crippen LogP contribution >= 0.6 is 12.4 Å². The molecule has 120 valence electrons. The molecule has 0 aromatic heterocycles. The number of ether oxygens (including phenoxy) is 1. The molecule has 0 bridgehead atoms. The molecule has 4 nitrogen and oxygen atoms in total. The molecule has 0 aliphatic rings. The van der Waals surface area contributed by atoms with Gasteiger partial charge in [0.1, 0.15) is 5.75 Å². The minimum absolute atomic E-state index is 0. The molecule has 1 aromatic rings. The lowest BCUT2D eigenvalue weighted by atomic mass is 9.84. The summed E-state index contributed by atoms with van der Waals surface area (Å²) in [6, 6.07) is 7.77. The molecule has 0 heterocycles. The third-order valence-corrected chi connectivity index (χ3v) is 3.14. The number of methoxy groups -OCH3 is 1. The van der Waals surface area contributed by atoms with Crippen LogP contribution in [0, 0.1) is 5.41 Å². The molecule has 21 heavy (non-hydrogen) atoms. The van der Waals surface area contributed by atoms with E-state index >= 15 is 0 Å². The van der Waals surface area contributed by atoms with Crippen molar-refractivity contribution >= 4 is 18.3 Å². The van der Waals surface area contributed by atoms with E-state index in [4.69, 9.17) is 10.5 Å². The van der Waals surface area contributed by atoms with Crippen LogP contribution in [0.1, 0.15) is 33.3 Å². The van der Waals surface area contributed by atoms with Gasteiger partial charge in [-0.15, -0.1) is 12.4 Å². The number of carbonyl (C=O) groups excluding carboxylic acids is 1. The number of nitrogens with two attached hydrogens (primary N) is 1. The van der Waals surface area contributed by atoms with Gasteiger partial charge in [-0.25, -0.2) is 0 Å². The molecule has 0 aliphatic carbocycles. The van der Waals surface area contributed by atoms with Gasteiger partial charge in [0.25, 0.3) is 0 Å². The van der Waals surface area contributed by atoms with Crippen molar-refractivity contribution in [3.8, 4) is 5.75 Å². The normalized spacial score (nSPS) is 11.5. The molecule has 1 rings (SSSR count). The summed E-state index contributed by atoms with van der Waals surface area (Å²) in [5, 5.41) is 2.92. The molecular formula is C16H27ClN2O2. The van der Waals surface area contributed by atoms with Gasteiger partial charge in [-0.05, 0) is 31.9 Å². The quantitative estimate of drug-likeness (QED) is 0.848. The fraction of sp³-hybridized carbons (Fsp3) is 0.562. The van der Waals surface area contributed by atoms with Crippen molar-refractivity contribution in [2.24, 2.45) is 11.1 Å². The first-order valence-electron chi connectivity index (χ1n) is 6.85. The van der Waals surface area contributed by atoms with Crippen molar-refractivity contribution in [3.05, 3.63) is 29.8 Å². The maximum Gasteiger partial charge on any atom is 0.226 e. The number of para-hydroxylation sites is 1. The standard InChI is InChI=1S/C16H26N2O2.ClH/c1-15(2,14(19)18-11-16(3,4)17)10-12-8-6-7-9-13(12)20-5;/h6-9H,10-11,17H2,1-5H3,(H,18,19);1H. The zero-order chi connectivity index (χ0) is 15.4. The van der Waals surface area contributed by atoms with Gasteiger partial charge in [0.15, 0.2) is 0 Å². The second-order valence-electron chi connectivity index (χ2n) is 6.54. The summed E-state index contributed by atoms with van der Waals surface area (Å²) in [6.45, 7) is 8.10. The Kier molecular flexibility index (Phi) is 7.20. The SMILES string of the molecule is COc1ccccc1CC(C)(C)C(=O)NCC(C)(C)N.Cl. The second-order valence-corrected chi connectivity index (χ2v) is 6.54.